The van der Waals surface area contributed by atoms with E-state index in [-0.39, 0.29) is 17.9 Å². The highest BCUT2D eigenvalue weighted by molar-refractivity contribution is 5.95. The van der Waals surface area contributed by atoms with E-state index in [1.54, 1.807) is 6.07 Å². The number of rotatable bonds is 6. The average Bonchev–Trinajstić information content (AvgIpc) is 2.58. The monoisotopic (exact) mass is 330 g/mol. The van der Waals surface area contributed by atoms with Crippen LogP contribution in [-0.4, -0.2) is 18.4 Å². The first-order valence-electron chi connectivity index (χ1n) is 7.60. The van der Waals surface area contributed by atoms with Crippen molar-refractivity contribution in [2.24, 2.45) is 0 Å². The molecule has 2 aromatic carbocycles. The van der Waals surface area contributed by atoms with Crippen molar-refractivity contribution < 1.29 is 18.7 Å². The third-order valence-corrected chi connectivity index (χ3v) is 3.33. The van der Waals surface area contributed by atoms with E-state index >= 15 is 0 Å². The SMILES string of the molecule is Cc1ccccc1OCCCC(=O)NNC(=O)c1ccccc1F. The molecule has 0 saturated heterocycles. The normalized spacial score (nSPS) is 10.1. The fraction of sp³-hybridized carbons (Fsp3) is 0.222. The fourth-order valence-corrected chi connectivity index (χ4v) is 2.03. The Kier molecular flexibility index (Phi) is 6.31. The lowest BCUT2D eigenvalue weighted by molar-refractivity contribution is -0.122. The summed E-state index contributed by atoms with van der Waals surface area (Å²) < 4.78 is 19.0. The Hall–Kier alpha value is -2.89. The summed E-state index contributed by atoms with van der Waals surface area (Å²) in [5.41, 5.74) is 5.35. The Labute approximate surface area is 139 Å². The van der Waals surface area contributed by atoms with Crippen molar-refractivity contribution >= 4 is 11.8 Å². The van der Waals surface area contributed by atoms with Gasteiger partial charge in [-0.05, 0) is 37.1 Å². The van der Waals surface area contributed by atoms with E-state index in [0.29, 0.717) is 13.0 Å². The van der Waals surface area contributed by atoms with Gasteiger partial charge >= 0.3 is 0 Å². The van der Waals surface area contributed by atoms with Crippen molar-refractivity contribution in [2.45, 2.75) is 19.8 Å². The van der Waals surface area contributed by atoms with Crippen LogP contribution in [0.3, 0.4) is 0 Å². The van der Waals surface area contributed by atoms with Gasteiger partial charge in [0.15, 0.2) is 0 Å². The minimum absolute atomic E-state index is 0.124. The average molecular weight is 330 g/mol. The molecule has 2 rings (SSSR count). The molecule has 0 unspecified atom stereocenters. The molecule has 2 amide bonds. The van der Waals surface area contributed by atoms with Crippen LogP contribution in [0.4, 0.5) is 4.39 Å². The topological polar surface area (TPSA) is 67.4 Å². The van der Waals surface area contributed by atoms with Crippen LogP contribution in [0.25, 0.3) is 0 Å². The van der Waals surface area contributed by atoms with E-state index in [2.05, 4.69) is 10.9 Å². The zero-order chi connectivity index (χ0) is 17.4. The molecule has 5 nitrogen and oxygen atoms in total. The molecule has 6 heteroatoms. The molecule has 0 aromatic heterocycles. The Morgan fingerprint density at radius 3 is 2.50 bits per heavy atom. The summed E-state index contributed by atoms with van der Waals surface area (Å²) in [4.78, 5) is 23.4. The molecule has 2 aromatic rings. The second-order valence-corrected chi connectivity index (χ2v) is 5.20. The van der Waals surface area contributed by atoms with E-state index in [1.807, 2.05) is 31.2 Å². The van der Waals surface area contributed by atoms with Crippen LogP contribution >= 0.6 is 0 Å². The number of hydrazine groups is 1. The minimum Gasteiger partial charge on any atom is -0.493 e. The van der Waals surface area contributed by atoms with Gasteiger partial charge in [0, 0.05) is 6.42 Å². The minimum atomic E-state index is -0.697. The van der Waals surface area contributed by atoms with Crippen molar-refractivity contribution in [3.8, 4) is 5.75 Å². The van der Waals surface area contributed by atoms with Crippen LogP contribution < -0.4 is 15.6 Å². The van der Waals surface area contributed by atoms with Crippen LogP contribution in [-0.2, 0) is 4.79 Å². The van der Waals surface area contributed by atoms with Gasteiger partial charge in [-0.3, -0.25) is 20.4 Å². The number of carbonyl (C=O) groups excluding carboxylic acids is 2. The zero-order valence-corrected chi connectivity index (χ0v) is 13.3. The number of nitrogens with one attached hydrogen (secondary N) is 2. The number of amides is 2. The predicted octanol–water partition coefficient (Wildman–Crippen LogP) is 2.75. The number of para-hydroxylation sites is 1. The van der Waals surface area contributed by atoms with E-state index < -0.39 is 11.7 Å². The van der Waals surface area contributed by atoms with Gasteiger partial charge in [-0.2, -0.15) is 0 Å². The number of halogens is 1. The Bertz CT molecular complexity index is 719. The molecule has 0 saturated carbocycles. The lowest BCUT2D eigenvalue weighted by Gasteiger charge is -2.10. The number of ether oxygens (including phenoxy) is 1. The Morgan fingerprint density at radius 2 is 1.75 bits per heavy atom. The van der Waals surface area contributed by atoms with Crippen LogP contribution in [0.15, 0.2) is 48.5 Å². The molecule has 0 radical (unpaired) electrons. The molecule has 0 heterocycles. The second-order valence-electron chi connectivity index (χ2n) is 5.20. The molecule has 0 spiro atoms. The largest absolute Gasteiger partial charge is 0.493 e. The van der Waals surface area contributed by atoms with E-state index in [1.165, 1.54) is 18.2 Å². The number of benzene rings is 2. The van der Waals surface area contributed by atoms with Crippen molar-refractivity contribution in [2.75, 3.05) is 6.61 Å². The number of carbonyl (C=O) groups is 2. The summed E-state index contributed by atoms with van der Waals surface area (Å²) in [6.07, 6.45) is 0.680. The quantitative estimate of drug-likeness (QED) is 0.632. The molecular weight excluding hydrogens is 311 g/mol. The number of aryl methyl sites for hydroxylation is 1. The Balaban J connectivity index is 1.68. The van der Waals surface area contributed by atoms with Gasteiger partial charge in [0.1, 0.15) is 11.6 Å². The van der Waals surface area contributed by atoms with Gasteiger partial charge in [-0.15, -0.1) is 0 Å². The summed E-state index contributed by atoms with van der Waals surface area (Å²) in [5, 5.41) is 0. The van der Waals surface area contributed by atoms with Gasteiger partial charge in [0.25, 0.3) is 5.91 Å². The third-order valence-electron chi connectivity index (χ3n) is 3.33. The second kappa shape index (κ2) is 8.67. The highest BCUT2D eigenvalue weighted by Crippen LogP contribution is 2.16. The highest BCUT2D eigenvalue weighted by Gasteiger charge is 2.11. The molecule has 0 aliphatic rings. The lowest BCUT2D eigenvalue weighted by Crippen LogP contribution is -2.41. The van der Waals surface area contributed by atoms with Crippen LogP contribution in [0.1, 0.15) is 28.8 Å². The molecular formula is C18H19FN2O3. The van der Waals surface area contributed by atoms with Crippen molar-refractivity contribution in [3.05, 3.63) is 65.5 Å². The third kappa shape index (κ3) is 5.08. The van der Waals surface area contributed by atoms with E-state index in [4.69, 9.17) is 4.74 Å². The molecule has 24 heavy (non-hydrogen) atoms. The summed E-state index contributed by atoms with van der Waals surface area (Å²) in [6, 6.07) is 13.2. The highest BCUT2D eigenvalue weighted by atomic mass is 19.1. The first-order chi connectivity index (χ1) is 11.6. The predicted molar refractivity (Wildman–Crippen MR) is 87.9 cm³/mol. The first-order valence-corrected chi connectivity index (χ1v) is 7.60. The number of hydrogen-bond acceptors (Lipinski definition) is 3. The smallest absolute Gasteiger partial charge is 0.272 e. The standard InChI is InChI=1S/C18H19FN2O3/c1-13-7-2-5-10-16(13)24-12-6-11-17(22)20-21-18(23)14-8-3-4-9-15(14)19/h2-5,7-10H,6,11-12H2,1H3,(H,20,22)(H,21,23). The van der Waals surface area contributed by atoms with Gasteiger partial charge < -0.3 is 4.74 Å². The van der Waals surface area contributed by atoms with Crippen LogP contribution in [0.5, 0.6) is 5.75 Å². The number of hydrogen-bond donors (Lipinski definition) is 2. The molecule has 0 bridgehead atoms. The lowest BCUT2D eigenvalue weighted by atomic mass is 10.2. The maximum Gasteiger partial charge on any atom is 0.272 e. The molecule has 2 N–H and O–H groups in total. The van der Waals surface area contributed by atoms with Crippen molar-refractivity contribution in [1.29, 1.82) is 0 Å². The maximum absolute atomic E-state index is 13.4. The fourth-order valence-electron chi connectivity index (χ4n) is 2.03. The maximum atomic E-state index is 13.4. The van der Waals surface area contributed by atoms with Gasteiger partial charge in [0.05, 0.1) is 12.2 Å². The molecule has 0 atom stereocenters. The molecule has 0 aliphatic heterocycles. The first kappa shape index (κ1) is 17.5. The Morgan fingerprint density at radius 1 is 1.04 bits per heavy atom. The van der Waals surface area contributed by atoms with Gasteiger partial charge in [0.2, 0.25) is 5.91 Å². The van der Waals surface area contributed by atoms with Crippen molar-refractivity contribution in [1.82, 2.24) is 10.9 Å². The summed E-state index contributed by atoms with van der Waals surface area (Å²) in [6.45, 7) is 2.33. The van der Waals surface area contributed by atoms with Gasteiger partial charge in [-0.1, -0.05) is 30.3 Å². The molecule has 126 valence electrons. The molecule has 0 aliphatic carbocycles. The summed E-state index contributed by atoms with van der Waals surface area (Å²) >= 11 is 0. The summed E-state index contributed by atoms with van der Waals surface area (Å²) in [7, 11) is 0. The molecule has 0 fully saturated rings. The van der Waals surface area contributed by atoms with E-state index in [0.717, 1.165) is 11.3 Å². The van der Waals surface area contributed by atoms with Crippen LogP contribution in [0, 0.1) is 12.7 Å². The van der Waals surface area contributed by atoms with Crippen molar-refractivity contribution in [3.63, 3.8) is 0 Å². The van der Waals surface area contributed by atoms with Gasteiger partial charge in [-0.25, -0.2) is 4.39 Å². The summed E-state index contributed by atoms with van der Waals surface area (Å²) in [5.74, 6) is -0.924. The zero-order valence-electron chi connectivity index (χ0n) is 13.3. The van der Waals surface area contributed by atoms with Crippen LogP contribution in [0.2, 0.25) is 0 Å². The van der Waals surface area contributed by atoms with E-state index in [9.17, 15) is 14.0 Å².